The molecule has 0 bridgehead atoms. The highest BCUT2D eigenvalue weighted by molar-refractivity contribution is 5.96. The molecule has 1 heterocycles. The van der Waals surface area contributed by atoms with E-state index in [9.17, 15) is 9.59 Å². The van der Waals surface area contributed by atoms with Gasteiger partial charge < -0.3 is 15.5 Å². The number of carbonyl (C=O) groups excluding carboxylic acids is 2. The van der Waals surface area contributed by atoms with Gasteiger partial charge in [-0.05, 0) is 63.3 Å². The Hall–Kier alpha value is -2.82. The van der Waals surface area contributed by atoms with Crippen molar-refractivity contribution < 1.29 is 9.59 Å². The molecule has 28 heavy (non-hydrogen) atoms. The summed E-state index contributed by atoms with van der Waals surface area (Å²) in [6, 6.07) is 12.6. The highest BCUT2D eigenvalue weighted by Gasteiger charge is 2.24. The Morgan fingerprint density at radius 1 is 1.07 bits per heavy atom. The summed E-state index contributed by atoms with van der Waals surface area (Å²) in [5.74, 6) is -0.355. The summed E-state index contributed by atoms with van der Waals surface area (Å²) in [5, 5.41) is 5.68. The Balaban J connectivity index is 1.57. The number of para-hydroxylation sites is 1. The lowest BCUT2D eigenvalue weighted by atomic mass is 9.97. The fourth-order valence-electron chi connectivity index (χ4n) is 3.95. The van der Waals surface area contributed by atoms with Crippen LogP contribution >= 0.6 is 0 Å². The molecule has 5 heteroatoms. The van der Waals surface area contributed by atoms with E-state index in [1.807, 2.05) is 45.0 Å². The molecule has 148 valence electrons. The molecule has 0 aliphatic carbocycles. The van der Waals surface area contributed by atoms with Crippen LogP contribution in [0.3, 0.4) is 0 Å². The maximum absolute atomic E-state index is 12.5. The molecule has 0 saturated heterocycles. The van der Waals surface area contributed by atoms with Gasteiger partial charge in [-0.2, -0.15) is 0 Å². The van der Waals surface area contributed by atoms with E-state index in [-0.39, 0.29) is 24.9 Å². The van der Waals surface area contributed by atoms with E-state index in [2.05, 4.69) is 34.6 Å². The van der Waals surface area contributed by atoms with E-state index in [0.717, 1.165) is 40.9 Å². The second-order valence-corrected chi connectivity index (χ2v) is 7.74. The lowest BCUT2D eigenvalue weighted by Gasteiger charge is -2.36. The van der Waals surface area contributed by atoms with Crippen molar-refractivity contribution in [2.75, 3.05) is 23.3 Å². The zero-order chi connectivity index (χ0) is 20.3. The molecule has 0 unspecified atom stereocenters. The number of hydrogen-bond donors (Lipinski definition) is 2. The Bertz CT molecular complexity index is 868. The van der Waals surface area contributed by atoms with Gasteiger partial charge in [0, 0.05) is 17.4 Å². The highest BCUT2D eigenvalue weighted by Crippen LogP contribution is 2.30. The number of nitrogens with zero attached hydrogens (tertiary/aromatic N) is 1. The van der Waals surface area contributed by atoms with Crippen LogP contribution in [0.1, 0.15) is 35.6 Å². The van der Waals surface area contributed by atoms with Crippen LogP contribution in [0.4, 0.5) is 11.4 Å². The summed E-state index contributed by atoms with van der Waals surface area (Å²) in [6.45, 7) is 8.35. The summed E-state index contributed by atoms with van der Waals surface area (Å²) in [5.41, 5.74) is 6.43. The molecule has 0 fully saturated rings. The fraction of sp³-hybridized carbons (Fsp3) is 0.391. The lowest BCUT2D eigenvalue weighted by Crippen LogP contribution is -2.45. The summed E-state index contributed by atoms with van der Waals surface area (Å²) in [4.78, 5) is 26.9. The quantitative estimate of drug-likeness (QED) is 0.836. The van der Waals surface area contributed by atoms with Gasteiger partial charge >= 0.3 is 0 Å². The smallest absolute Gasteiger partial charge is 0.243 e. The molecule has 2 aromatic carbocycles. The number of aryl methyl sites for hydroxylation is 4. The number of fused-ring (bicyclic) bond motifs is 1. The third kappa shape index (κ3) is 4.53. The maximum atomic E-state index is 12.5. The minimum Gasteiger partial charge on any atom is -0.359 e. The van der Waals surface area contributed by atoms with Crippen molar-refractivity contribution >= 4 is 23.2 Å². The summed E-state index contributed by atoms with van der Waals surface area (Å²) in [6.07, 6.45) is 2.06. The van der Waals surface area contributed by atoms with Gasteiger partial charge in [0.05, 0.1) is 13.1 Å². The van der Waals surface area contributed by atoms with Crippen LogP contribution in [0.5, 0.6) is 0 Å². The molecule has 1 atom stereocenters. The van der Waals surface area contributed by atoms with Crippen LogP contribution in [-0.4, -0.2) is 30.9 Å². The number of amides is 2. The number of rotatable bonds is 5. The van der Waals surface area contributed by atoms with E-state index in [0.29, 0.717) is 6.04 Å². The van der Waals surface area contributed by atoms with Crippen LogP contribution in [0.15, 0.2) is 36.4 Å². The monoisotopic (exact) mass is 379 g/mol. The van der Waals surface area contributed by atoms with Crippen molar-refractivity contribution in [3.05, 3.63) is 58.7 Å². The number of hydrogen-bond acceptors (Lipinski definition) is 3. The SMILES string of the molecule is Cc1cc(C)c(NC(=O)CNC(=O)CN2c3ccccc3CC[C@H]2C)c(C)c1. The molecule has 0 spiro atoms. The van der Waals surface area contributed by atoms with Gasteiger partial charge in [0.15, 0.2) is 0 Å². The molecular formula is C23H29N3O2. The van der Waals surface area contributed by atoms with Crippen LogP contribution in [0.25, 0.3) is 0 Å². The summed E-state index contributed by atoms with van der Waals surface area (Å²) >= 11 is 0. The summed E-state index contributed by atoms with van der Waals surface area (Å²) in [7, 11) is 0. The van der Waals surface area contributed by atoms with Crippen molar-refractivity contribution in [3.8, 4) is 0 Å². The third-order valence-electron chi connectivity index (χ3n) is 5.37. The van der Waals surface area contributed by atoms with Gasteiger partial charge in [-0.15, -0.1) is 0 Å². The van der Waals surface area contributed by atoms with Crippen molar-refractivity contribution in [2.45, 2.75) is 46.6 Å². The van der Waals surface area contributed by atoms with Gasteiger partial charge in [-0.25, -0.2) is 0 Å². The van der Waals surface area contributed by atoms with Crippen molar-refractivity contribution in [1.82, 2.24) is 5.32 Å². The molecular weight excluding hydrogens is 350 g/mol. The van der Waals surface area contributed by atoms with Gasteiger partial charge in [-0.3, -0.25) is 9.59 Å². The van der Waals surface area contributed by atoms with Gasteiger partial charge in [0.1, 0.15) is 0 Å². The van der Waals surface area contributed by atoms with E-state index < -0.39 is 0 Å². The minimum absolute atomic E-state index is 0.0323. The van der Waals surface area contributed by atoms with E-state index in [1.54, 1.807) is 0 Å². The molecule has 0 radical (unpaired) electrons. The van der Waals surface area contributed by atoms with Gasteiger partial charge in [0.25, 0.3) is 0 Å². The molecule has 1 aliphatic heterocycles. The second kappa shape index (κ2) is 8.46. The van der Waals surface area contributed by atoms with Crippen molar-refractivity contribution in [1.29, 1.82) is 0 Å². The molecule has 0 saturated carbocycles. The van der Waals surface area contributed by atoms with Crippen LogP contribution in [0, 0.1) is 20.8 Å². The third-order valence-corrected chi connectivity index (χ3v) is 5.37. The Labute approximate surface area is 167 Å². The predicted octanol–water partition coefficient (Wildman–Crippen LogP) is 3.51. The van der Waals surface area contributed by atoms with Crippen molar-refractivity contribution in [3.63, 3.8) is 0 Å². The number of nitrogens with one attached hydrogen (secondary N) is 2. The van der Waals surface area contributed by atoms with Gasteiger partial charge in [0.2, 0.25) is 11.8 Å². The Morgan fingerprint density at radius 3 is 2.46 bits per heavy atom. The molecule has 5 nitrogen and oxygen atoms in total. The Morgan fingerprint density at radius 2 is 1.75 bits per heavy atom. The highest BCUT2D eigenvalue weighted by atomic mass is 16.2. The largest absolute Gasteiger partial charge is 0.359 e. The second-order valence-electron chi connectivity index (χ2n) is 7.74. The topological polar surface area (TPSA) is 61.4 Å². The maximum Gasteiger partial charge on any atom is 0.243 e. The van der Waals surface area contributed by atoms with Crippen LogP contribution in [0.2, 0.25) is 0 Å². The normalized spacial score (nSPS) is 15.7. The zero-order valence-electron chi connectivity index (χ0n) is 17.1. The number of anilines is 2. The molecule has 3 rings (SSSR count). The zero-order valence-corrected chi connectivity index (χ0v) is 17.1. The first-order valence-corrected chi connectivity index (χ1v) is 9.84. The first kappa shape index (κ1) is 19.9. The van der Waals surface area contributed by atoms with Crippen LogP contribution < -0.4 is 15.5 Å². The standard InChI is InChI=1S/C23H29N3O2/c1-15-11-16(2)23(17(3)12-15)25-21(27)13-24-22(28)14-26-18(4)9-10-19-7-5-6-8-20(19)26/h5-8,11-12,18H,9-10,13-14H2,1-4H3,(H,24,28)(H,25,27)/t18-/m1/s1. The average molecular weight is 380 g/mol. The average Bonchev–Trinajstić information content (AvgIpc) is 2.65. The van der Waals surface area contributed by atoms with Crippen LogP contribution in [-0.2, 0) is 16.0 Å². The molecule has 2 N–H and O–H groups in total. The molecule has 0 aromatic heterocycles. The summed E-state index contributed by atoms with van der Waals surface area (Å²) < 4.78 is 0. The minimum atomic E-state index is -0.213. The molecule has 2 aromatic rings. The molecule has 1 aliphatic rings. The fourth-order valence-corrected chi connectivity index (χ4v) is 3.95. The molecule has 2 amide bonds. The van der Waals surface area contributed by atoms with Crippen molar-refractivity contribution in [2.24, 2.45) is 0 Å². The number of carbonyl (C=O) groups is 2. The van der Waals surface area contributed by atoms with E-state index in [1.165, 1.54) is 5.56 Å². The van der Waals surface area contributed by atoms with Gasteiger partial charge in [-0.1, -0.05) is 35.9 Å². The number of benzene rings is 2. The first-order valence-electron chi connectivity index (χ1n) is 9.84. The lowest BCUT2D eigenvalue weighted by molar-refractivity contribution is -0.123. The van der Waals surface area contributed by atoms with E-state index >= 15 is 0 Å². The first-order chi connectivity index (χ1) is 13.3. The van der Waals surface area contributed by atoms with E-state index in [4.69, 9.17) is 0 Å². The Kier molecular flexibility index (Phi) is 6.02. The predicted molar refractivity (Wildman–Crippen MR) is 114 cm³/mol.